The largest absolute Gasteiger partial charge is 0.355 e. The Morgan fingerprint density at radius 2 is 1.64 bits per heavy atom. The molecule has 0 aliphatic carbocycles. The predicted molar refractivity (Wildman–Crippen MR) is 100 cm³/mol. The molecule has 2 fully saturated rings. The van der Waals surface area contributed by atoms with E-state index in [0.29, 0.717) is 16.8 Å². The first-order valence-corrected chi connectivity index (χ1v) is 9.37. The maximum absolute atomic E-state index is 12.3. The van der Waals surface area contributed by atoms with Crippen LogP contribution in [-0.4, -0.2) is 70.7 Å². The van der Waals surface area contributed by atoms with Gasteiger partial charge in [0.2, 0.25) is 5.91 Å². The molecular weight excluding hydrogens is 336 g/mol. The monoisotopic (exact) mass is 364 g/mol. The SMILES string of the molecule is Cc1c(N2CCN(CC(=O)N3CCCC3)CC2)n(C)c(=S)n(C)c1=N. The van der Waals surface area contributed by atoms with E-state index >= 15 is 0 Å². The van der Waals surface area contributed by atoms with Crippen molar-refractivity contribution in [1.82, 2.24) is 18.9 Å². The quantitative estimate of drug-likeness (QED) is 0.799. The van der Waals surface area contributed by atoms with E-state index in [0.717, 1.165) is 63.5 Å². The van der Waals surface area contributed by atoms with Crippen LogP contribution < -0.4 is 10.4 Å². The number of nitrogens with zero attached hydrogens (tertiary/aromatic N) is 5. The lowest BCUT2D eigenvalue weighted by atomic mass is 10.2. The average molecular weight is 365 g/mol. The molecule has 1 amide bonds. The fourth-order valence-corrected chi connectivity index (χ4v) is 4.02. The molecule has 3 rings (SSSR count). The highest BCUT2D eigenvalue weighted by Gasteiger charge is 2.25. The van der Waals surface area contributed by atoms with Crippen molar-refractivity contribution in [3.05, 3.63) is 15.8 Å². The van der Waals surface area contributed by atoms with Crippen LogP contribution in [0.4, 0.5) is 5.82 Å². The van der Waals surface area contributed by atoms with Gasteiger partial charge in [0.05, 0.1) is 6.54 Å². The Bertz CT molecular complexity index is 731. The molecule has 3 heterocycles. The zero-order valence-corrected chi connectivity index (χ0v) is 16.2. The smallest absolute Gasteiger partial charge is 0.236 e. The Kier molecular flexibility index (Phi) is 5.29. The molecule has 25 heavy (non-hydrogen) atoms. The van der Waals surface area contributed by atoms with E-state index in [4.69, 9.17) is 17.6 Å². The third-order valence-electron chi connectivity index (χ3n) is 5.41. The molecule has 0 spiro atoms. The second kappa shape index (κ2) is 7.29. The van der Waals surface area contributed by atoms with Crippen molar-refractivity contribution in [2.75, 3.05) is 50.7 Å². The Balaban J connectivity index is 1.68. The Morgan fingerprint density at radius 1 is 1.04 bits per heavy atom. The zero-order valence-electron chi connectivity index (χ0n) is 15.4. The lowest BCUT2D eigenvalue weighted by molar-refractivity contribution is -0.131. The van der Waals surface area contributed by atoms with Crippen LogP contribution in [-0.2, 0) is 18.9 Å². The number of carbonyl (C=O) groups is 1. The summed E-state index contributed by atoms with van der Waals surface area (Å²) in [5.74, 6) is 1.29. The van der Waals surface area contributed by atoms with Crippen molar-refractivity contribution in [1.29, 1.82) is 5.41 Å². The number of amides is 1. The molecule has 7 nitrogen and oxygen atoms in total. The van der Waals surface area contributed by atoms with E-state index in [-0.39, 0.29) is 5.91 Å². The summed E-state index contributed by atoms with van der Waals surface area (Å²) >= 11 is 5.46. The van der Waals surface area contributed by atoms with E-state index in [1.165, 1.54) is 0 Å². The van der Waals surface area contributed by atoms with Gasteiger partial charge < -0.3 is 18.9 Å². The summed E-state index contributed by atoms with van der Waals surface area (Å²) in [6.07, 6.45) is 2.28. The fraction of sp³-hybridized carbons (Fsp3) is 0.706. The molecule has 1 aromatic rings. The lowest BCUT2D eigenvalue weighted by Crippen LogP contribution is -2.51. The van der Waals surface area contributed by atoms with Crippen LogP contribution >= 0.6 is 12.2 Å². The minimum absolute atomic E-state index is 0.265. The first-order valence-electron chi connectivity index (χ1n) is 8.96. The number of aromatic nitrogens is 2. The van der Waals surface area contributed by atoms with Gasteiger partial charge in [-0.1, -0.05) is 0 Å². The van der Waals surface area contributed by atoms with Crippen molar-refractivity contribution in [3.63, 3.8) is 0 Å². The molecule has 0 saturated carbocycles. The first-order chi connectivity index (χ1) is 11.9. The van der Waals surface area contributed by atoms with Crippen LogP contribution in [0.15, 0.2) is 0 Å². The third-order valence-corrected chi connectivity index (χ3v) is 5.95. The summed E-state index contributed by atoms with van der Waals surface area (Å²) in [7, 11) is 3.80. The fourth-order valence-electron chi connectivity index (χ4n) is 3.85. The molecule has 0 aromatic carbocycles. The minimum atomic E-state index is 0.265. The van der Waals surface area contributed by atoms with E-state index in [9.17, 15) is 4.79 Å². The maximum Gasteiger partial charge on any atom is 0.236 e. The van der Waals surface area contributed by atoms with Gasteiger partial charge in [-0.15, -0.1) is 0 Å². The summed E-state index contributed by atoms with van der Waals surface area (Å²) in [6.45, 7) is 7.77. The molecular formula is C17H28N6OS. The number of anilines is 1. The van der Waals surface area contributed by atoms with Crippen LogP contribution in [0, 0.1) is 17.1 Å². The number of hydrogen-bond donors (Lipinski definition) is 1. The second-order valence-corrected chi connectivity index (χ2v) is 7.41. The van der Waals surface area contributed by atoms with Gasteiger partial charge in [0.1, 0.15) is 11.3 Å². The topological polar surface area (TPSA) is 60.5 Å². The van der Waals surface area contributed by atoms with E-state index in [1.807, 2.05) is 30.5 Å². The van der Waals surface area contributed by atoms with Crippen LogP contribution in [0.3, 0.4) is 0 Å². The number of nitrogens with one attached hydrogen (secondary N) is 1. The number of hydrogen-bond acceptors (Lipinski definition) is 5. The molecule has 1 aromatic heterocycles. The standard InChI is InChI=1S/C17H28N6OS/c1-13-15(18)19(2)17(25)20(3)16(13)23-10-8-21(9-11-23)12-14(24)22-6-4-5-7-22/h18H,4-12H2,1-3H3. The van der Waals surface area contributed by atoms with E-state index < -0.39 is 0 Å². The van der Waals surface area contributed by atoms with Crippen molar-refractivity contribution < 1.29 is 4.79 Å². The molecule has 0 radical (unpaired) electrons. The molecule has 2 aliphatic rings. The summed E-state index contributed by atoms with van der Waals surface area (Å²) in [5.41, 5.74) is 1.41. The molecule has 0 unspecified atom stereocenters. The van der Waals surface area contributed by atoms with Gasteiger partial charge in [-0.05, 0) is 32.0 Å². The molecule has 138 valence electrons. The number of piperazine rings is 1. The van der Waals surface area contributed by atoms with Gasteiger partial charge >= 0.3 is 0 Å². The highest BCUT2D eigenvalue weighted by molar-refractivity contribution is 7.71. The van der Waals surface area contributed by atoms with Gasteiger partial charge in [-0.25, -0.2) is 0 Å². The van der Waals surface area contributed by atoms with E-state index in [1.54, 1.807) is 4.57 Å². The maximum atomic E-state index is 12.3. The van der Waals surface area contributed by atoms with Crippen molar-refractivity contribution in [3.8, 4) is 0 Å². The summed E-state index contributed by atoms with van der Waals surface area (Å²) < 4.78 is 4.38. The van der Waals surface area contributed by atoms with Crippen LogP contribution in [0.25, 0.3) is 0 Å². The second-order valence-electron chi connectivity index (χ2n) is 7.05. The predicted octanol–water partition coefficient (Wildman–Crippen LogP) is 0.625. The van der Waals surface area contributed by atoms with Gasteiger partial charge in [0, 0.05) is 58.9 Å². The number of rotatable bonds is 3. The normalized spacial score (nSPS) is 18.8. The summed E-state index contributed by atoms with van der Waals surface area (Å²) in [4.78, 5) is 18.8. The van der Waals surface area contributed by atoms with Gasteiger partial charge in [-0.3, -0.25) is 15.1 Å². The van der Waals surface area contributed by atoms with Gasteiger partial charge in [-0.2, -0.15) is 0 Å². The van der Waals surface area contributed by atoms with Crippen LogP contribution in [0.5, 0.6) is 0 Å². The molecule has 0 atom stereocenters. The zero-order chi connectivity index (χ0) is 18.1. The third kappa shape index (κ3) is 3.50. The summed E-state index contributed by atoms with van der Waals surface area (Å²) in [6, 6.07) is 0. The van der Waals surface area contributed by atoms with Gasteiger partial charge in [0.25, 0.3) is 0 Å². The molecule has 2 aliphatic heterocycles. The first kappa shape index (κ1) is 18.1. The minimum Gasteiger partial charge on any atom is -0.355 e. The Hall–Kier alpha value is -1.67. The molecule has 1 N–H and O–H groups in total. The summed E-state index contributed by atoms with van der Waals surface area (Å²) in [5, 5.41) is 8.26. The molecule has 0 bridgehead atoms. The highest BCUT2D eigenvalue weighted by atomic mass is 32.1. The highest BCUT2D eigenvalue weighted by Crippen LogP contribution is 2.19. The number of carbonyl (C=O) groups excluding carboxylic acids is 1. The van der Waals surface area contributed by atoms with Gasteiger partial charge in [0.15, 0.2) is 4.77 Å². The Labute approximate surface area is 154 Å². The average Bonchev–Trinajstić information content (AvgIpc) is 3.15. The van der Waals surface area contributed by atoms with Crippen molar-refractivity contribution >= 4 is 23.9 Å². The number of likely N-dealkylation sites (tertiary alicyclic amines) is 1. The van der Waals surface area contributed by atoms with E-state index in [2.05, 4.69) is 9.80 Å². The molecule has 8 heteroatoms. The van der Waals surface area contributed by atoms with Crippen molar-refractivity contribution in [2.45, 2.75) is 19.8 Å². The Morgan fingerprint density at radius 3 is 2.24 bits per heavy atom. The van der Waals surface area contributed by atoms with Crippen LogP contribution in [0.1, 0.15) is 18.4 Å². The van der Waals surface area contributed by atoms with Crippen LogP contribution in [0.2, 0.25) is 0 Å². The van der Waals surface area contributed by atoms with Crippen molar-refractivity contribution in [2.24, 2.45) is 14.1 Å². The molecule has 2 saturated heterocycles. The lowest BCUT2D eigenvalue weighted by Gasteiger charge is -2.37.